The number of amides is 1. The smallest absolute Gasteiger partial charge is 0.226 e. The summed E-state index contributed by atoms with van der Waals surface area (Å²) >= 11 is 0. The monoisotopic (exact) mass is 220 g/mol. The van der Waals surface area contributed by atoms with Gasteiger partial charge in [0.15, 0.2) is 0 Å². The molecule has 88 valence electrons. The molecule has 0 spiro atoms. The normalized spacial score (nSPS) is 11.2. The van der Waals surface area contributed by atoms with Crippen LogP contribution in [0.3, 0.4) is 0 Å². The maximum absolute atomic E-state index is 11.7. The van der Waals surface area contributed by atoms with E-state index >= 15 is 0 Å². The minimum Gasteiger partial charge on any atom is -0.326 e. The van der Waals surface area contributed by atoms with Crippen LogP contribution in [-0.4, -0.2) is 18.5 Å². The van der Waals surface area contributed by atoms with E-state index in [0.717, 1.165) is 11.3 Å². The van der Waals surface area contributed by atoms with Gasteiger partial charge in [0.2, 0.25) is 5.91 Å². The Hall–Kier alpha value is -1.35. The van der Waals surface area contributed by atoms with Gasteiger partial charge in [0.05, 0.1) is 0 Å². The lowest BCUT2D eigenvalue weighted by Gasteiger charge is -2.23. The quantitative estimate of drug-likeness (QED) is 0.817. The van der Waals surface area contributed by atoms with Gasteiger partial charge in [-0.15, -0.1) is 0 Å². The summed E-state index contributed by atoms with van der Waals surface area (Å²) in [7, 11) is 1.86. The maximum Gasteiger partial charge on any atom is 0.226 e. The zero-order valence-electron chi connectivity index (χ0n) is 10.4. The summed E-state index contributed by atoms with van der Waals surface area (Å²) < 4.78 is 0. The van der Waals surface area contributed by atoms with Crippen molar-refractivity contribution >= 4 is 11.6 Å². The third kappa shape index (κ3) is 4.03. The standard InChI is InChI=1S/C13H20N2O/c1-10-6-5-7-11(8-10)15-12(16)9-13(2,3)14-4/h5-8,14H,9H2,1-4H3,(H,15,16). The number of rotatable bonds is 4. The molecule has 0 saturated heterocycles. The molecular formula is C13H20N2O. The summed E-state index contributed by atoms with van der Waals surface area (Å²) in [4.78, 5) is 11.7. The number of carbonyl (C=O) groups is 1. The van der Waals surface area contributed by atoms with Gasteiger partial charge in [-0.05, 0) is 45.5 Å². The van der Waals surface area contributed by atoms with Crippen molar-refractivity contribution in [2.24, 2.45) is 0 Å². The lowest BCUT2D eigenvalue weighted by atomic mass is 10.0. The van der Waals surface area contributed by atoms with E-state index in [1.54, 1.807) is 0 Å². The molecule has 16 heavy (non-hydrogen) atoms. The average Bonchev–Trinajstić information content (AvgIpc) is 2.16. The van der Waals surface area contributed by atoms with Crippen molar-refractivity contribution in [3.63, 3.8) is 0 Å². The summed E-state index contributed by atoms with van der Waals surface area (Å²) in [5, 5.41) is 6.00. The Bertz CT molecular complexity index is 372. The molecule has 0 atom stereocenters. The van der Waals surface area contributed by atoms with Gasteiger partial charge in [-0.3, -0.25) is 4.79 Å². The van der Waals surface area contributed by atoms with Crippen LogP contribution in [0.2, 0.25) is 0 Å². The lowest BCUT2D eigenvalue weighted by molar-refractivity contribution is -0.117. The Morgan fingerprint density at radius 3 is 2.62 bits per heavy atom. The van der Waals surface area contributed by atoms with Crippen LogP contribution in [0.25, 0.3) is 0 Å². The van der Waals surface area contributed by atoms with Crippen LogP contribution < -0.4 is 10.6 Å². The average molecular weight is 220 g/mol. The van der Waals surface area contributed by atoms with E-state index in [2.05, 4.69) is 10.6 Å². The maximum atomic E-state index is 11.7. The molecule has 0 aliphatic heterocycles. The molecular weight excluding hydrogens is 200 g/mol. The highest BCUT2D eigenvalue weighted by atomic mass is 16.1. The van der Waals surface area contributed by atoms with Crippen LogP contribution in [0.15, 0.2) is 24.3 Å². The molecule has 1 rings (SSSR count). The molecule has 1 amide bonds. The van der Waals surface area contributed by atoms with Gasteiger partial charge < -0.3 is 10.6 Å². The zero-order valence-corrected chi connectivity index (χ0v) is 10.4. The predicted molar refractivity (Wildman–Crippen MR) is 67.6 cm³/mol. The number of hydrogen-bond acceptors (Lipinski definition) is 2. The summed E-state index contributed by atoms with van der Waals surface area (Å²) in [5.41, 5.74) is 1.83. The van der Waals surface area contributed by atoms with Gasteiger partial charge in [0, 0.05) is 17.6 Å². The van der Waals surface area contributed by atoms with E-state index in [0.29, 0.717) is 6.42 Å². The number of aryl methyl sites for hydroxylation is 1. The van der Waals surface area contributed by atoms with Crippen molar-refractivity contribution in [1.29, 1.82) is 0 Å². The lowest BCUT2D eigenvalue weighted by Crippen LogP contribution is -2.39. The van der Waals surface area contributed by atoms with E-state index in [9.17, 15) is 4.79 Å². The van der Waals surface area contributed by atoms with Crippen molar-refractivity contribution in [3.05, 3.63) is 29.8 Å². The molecule has 0 unspecified atom stereocenters. The van der Waals surface area contributed by atoms with Gasteiger partial charge in [0.25, 0.3) is 0 Å². The first-order chi connectivity index (χ1) is 7.43. The first-order valence-electron chi connectivity index (χ1n) is 5.48. The van der Waals surface area contributed by atoms with Gasteiger partial charge >= 0.3 is 0 Å². The van der Waals surface area contributed by atoms with Gasteiger partial charge in [-0.2, -0.15) is 0 Å². The highest BCUT2D eigenvalue weighted by Gasteiger charge is 2.19. The van der Waals surface area contributed by atoms with Crippen LogP contribution in [0.1, 0.15) is 25.8 Å². The predicted octanol–water partition coefficient (Wildman–Crippen LogP) is 2.32. The molecule has 0 bridgehead atoms. The second kappa shape index (κ2) is 5.12. The van der Waals surface area contributed by atoms with Crippen molar-refractivity contribution in [3.8, 4) is 0 Å². The highest BCUT2D eigenvalue weighted by Crippen LogP contribution is 2.12. The fourth-order valence-electron chi connectivity index (χ4n) is 1.42. The Balaban J connectivity index is 2.59. The number of hydrogen-bond donors (Lipinski definition) is 2. The molecule has 0 radical (unpaired) electrons. The van der Waals surface area contributed by atoms with E-state index in [1.807, 2.05) is 52.1 Å². The molecule has 1 aromatic carbocycles. The van der Waals surface area contributed by atoms with Gasteiger partial charge in [-0.1, -0.05) is 12.1 Å². The summed E-state index contributed by atoms with van der Waals surface area (Å²) in [6.45, 7) is 6.01. The fraction of sp³-hybridized carbons (Fsp3) is 0.462. The molecule has 3 heteroatoms. The van der Waals surface area contributed by atoms with Gasteiger partial charge in [0.1, 0.15) is 0 Å². The minimum atomic E-state index is -0.173. The Labute approximate surface area is 97.2 Å². The number of benzene rings is 1. The molecule has 3 nitrogen and oxygen atoms in total. The van der Waals surface area contributed by atoms with Crippen LogP contribution in [0, 0.1) is 6.92 Å². The highest BCUT2D eigenvalue weighted by molar-refractivity contribution is 5.91. The van der Waals surface area contributed by atoms with Crippen molar-refractivity contribution in [2.45, 2.75) is 32.7 Å². The largest absolute Gasteiger partial charge is 0.326 e. The number of nitrogens with one attached hydrogen (secondary N) is 2. The van der Waals surface area contributed by atoms with Crippen LogP contribution in [-0.2, 0) is 4.79 Å². The minimum absolute atomic E-state index is 0.0324. The SMILES string of the molecule is CNC(C)(C)CC(=O)Nc1cccc(C)c1. The first kappa shape index (κ1) is 12.7. The van der Waals surface area contributed by atoms with Crippen molar-refractivity contribution in [2.75, 3.05) is 12.4 Å². The summed E-state index contributed by atoms with van der Waals surface area (Å²) in [5.74, 6) is 0.0324. The first-order valence-corrected chi connectivity index (χ1v) is 5.48. The molecule has 0 heterocycles. The fourth-order valence-corrected chi connectivity index (χ4v) is 1.42. The van der Waals surface area contributed by atoms with Crippen molar-refractivity contribution < 1.29 is 4.79 Å². The topological polar surface area (TPSA) is 41.1 Å². The Morgan fingerprint density at radius 1 is 1.38 bits per heavy atom. The number of carbonyl (C=O) groups excluding carboxylic acids is 1. The second-order valence-corrected chi connectivity index (χ2v) is 4.73. The zero-order chi connectivity index (χ0) is 12.2. The Morgan fingerprint density at radius 2 is 2.06 bits per heavy atom. The molecule has 0 fully saturated rings. The van der Waals surface area contributed by atoms with Gasteiger partial charge in [-0.25, -0.2) is 0 Å². The Kier molecular flexibility index (Phi) is 4.07. The molecule has 0 aromatic heterocycles. The van der Waals surface area contributed by atoms with Crippen LogP contribution in [0.5, 0.6) is 0 Å². The van der Waals surface area contributed by atoms with E-state index in [4.69, 9.17) is 0 Å². The molecule has 0 saturated carbocycles. The molecule has 1 aromatic rings. The van der Waals surface area contributed by atoms with E-state index in [1.165, 1.54) is 0 Å². The molecule has 2 N–H and O–H groups in total. The molecule has 0 aliphatic carbocycles. The number of anilines is 1. The van der Waals surface area contributed by atoms with E-state index < -0.39 is 0 Å². The van der Waals surface area contributed by atoms with Crippen LogP contribution >= 0.6 is 0 Å². The van der Waals surface area contributed by atoms with Crippen LogP contribution in [0.4, 0.5) is 5.69 Å². The summed E-state index contributed by atoms with van der Waals surface area (Å²) in [6.07, 6.45) is 0.456. The third-order valence-electron chi connectivity index (χ3n) is 2.58. The third-order valence-corrected chi connectivity index (χ3v) is 2.58. The van der Waals surface area contributed by atoms with Crippen molar-refractivity contribution in [1.82, 2.24) is 5.32 Å². The molecule has 0 aliphatic rings. The van der Waals surface area contributed by atoms with E-state index in [-0.39, 0.29) is 11.4 Å². The summed E-state index contributed by atoms with van der Waals surface area (Å²) in [6, 6.07) is 7.81. The second-order valence-electron chi connectivity index (χ2n) is 4.73.